The van der Waals surface area contributed by atoms with Gasteiger partial charge in [-0.1, -0.05) is 36.4 Å². The molecule has 3 aliphatic heterocycles. The molecule has 3 atom stereocenters. The zero-order chi connectivity index (χ0) is 32.3. The van der Waals surface area contributed by atoms with Gasteiger partial charge in [-0.05, 0) is 30.2 Å². The van der Waals surface area contributed by atoms with E-state index >= 15 is 0 Å². The third-order valence-electron chi connectivity index (χ3n) is 9.08. The molecule has 0 aliphatic carbocycles. The van der Waals surface area contributed by atoms with E-state index in [0.29, 0.717) is 71.1 Å². The molecule has 2 aromatic carbocycles. The lowest BCUT2D eigenvalue weighted by Crippen LogP contribution is -2.51. The molecule has 0 bridgehead atoms. The summed E-state index contributed by atoms with van der Waals surface area (Å²) in [7, 11) is 0. The number of nitrogens with one attached hydrogen (secondary N) is 2. The van der Waals surface area contributed by atoms with E-state index < -0.39 is 0 Å². The second-order valence-electron chi connectivity index (χ2n) is 12.4. The molecular weight excluding hydrogens is 598 g/mol. The number of aromatic nitrogens is 2. The second-order valence-corrected chi connectivity index (χ2v) is 12.4. The number of anilines is 2. The highest BCUT2D eigenvalue weighted by Gasteiger charge is 2.30. The molecule has 2 saturated heterocycles. The Morgan fingerprint density at radius 1 is 0.894 bits per heavy atom. The van der Waals surface area contributed by atoms with Crippen molar-refractivity contribution < 1.29 is 24.1 Å². The van der Waals surface area contributed by atoms with E-state index in [1.54, 1.807) is 0 Å². The summed E-state index contributed by atoms with van der Waals surface area (Å²) >= 11 is 0. The van der Waals surface area contributed by atoms with Crippen molar-refractivity contribution in [3.63, 3.8) is 0 Å². The lowest BCUT2D eigenvalue weighted by Gasteiger charge is -2.37. The number of aliphatic hydroxyl groups is 1. The van der Waals surface area contributed by atoms with E-state index in [-0.39, 0.29) is 18.7 Å². The lowest BCUT2D eigenvalue weighted by molar-refractivity contribution is 0.00271. The molecule has 2 fully saturated rings. The molecule has 1 aromatic heterocycles. The van der Waals surface area contributed by atoms with Gasteiger partial charge in [0.2, 0.25) is 0 Å². The van der Waals surface area contributed by atoms with E-state index in [1.807, 2.05) is 0 Å². The van der Waals surface area contributed by atoms with Crippen molar-refractivity contribution in [3.05, 3.63) is 53.7 Å². The molecule has 0 spiro atoms. The van der Waals surface area contributed by atoms with Crippen molar-refractivity contribution in [2.24, 2.45) is 5.92 Å². The van der Waals surface area contributed by atoms with Gasteiger partial charge in [-0.25, -0.2) is 0 Å². The maximum atomic E-state index is 9.34. The Bertz CT molecular complexity index is 1480. The maximum Gasteiger partial charge on any atom is 0.318 e. The van der Waals surface area contributed by atoms with Gasteiger partial charge in [-0.3, -0.25) is 0 Å². The van der Waals surface area contributed by atoms with Crippen LogP contribution in [-0.2, 0) is 27.2 Å². The molecule has 3 aromatic rings. The first-order valence-corrected chi connectivity index (χ1v) is 16.9. The van der Waals surface area contributed by atoms with Crippen molar-refractivity contribution in [2.75, 3.05) is 95.4 Å². The summed E-state index contributed by atoms with van der Waals surface area (Å²) in [4.78, 5) is 14.7. The fraction of sp³-hybridized carbons (Fsp3) is 0.571. The third kappa shape index (κ3) is 8.87. The van der Waals surface area contributed by atoms with Crippen LogP contribution in [0.1, 0.15) is 24.1 Å². The van der Waals surface area contributed by atoms with Gasteiger partial charge in [0, 0.05) is 61.4 Å². The van der Waals surface area contributed by atoms with Gasteiger partial charge in [0.15, 0.2) is 0 Å². The van der Waals surface area contributed by atoms with Gasteiger partial charge in [0.05, 0.1) is 71.0 Å². The number of hydrogen-bond donors (Lipinski definition) is 3. The Morgan fingerprint density at radius 2 is 1.72 bits per heavy atom. The van der Waals surface area contributed by atoms with Gasteiger partial charge in [-0.2, -0.15) is 15.2 Å². The number of benzene rings is 2. The van der Waals surface area contributed by atoms with Crippen LogP contribution in [0, 0.1) is 17.2 Å². The highest BCUT2D eigenvalue weighted by atomic mass is 16.5. The van der Waals surface area contributed by atoms with Gasteiger partial charge in [0.1, 0.15) is 12.4 Å². The Hall–Kier alpha value is -3.57. The fourth-order valence-corrected chi connectivity index (χ4v) is 6.75. The molecule has 47 heavy (non-hydrogen) atoms. The SMILES string of the molecule is N#CC[C@H]1CN(c2nc(OC[C@@H]3C[C@@H](COCCOCCOCCO)CN3)nc3c2CCN(c2cccc4ccccc24)C3)CCN1. The average Bonchev–Trinajstić information content (AvgIpc) is 3.57. The molecule has 3 aliphatic rings. The number of nitrogens with zero attached hydrogens (tertiary/aromatic N) is 5. The first-order valence-electron chi connectivity index (χ1n) is 16.9. The summed E-state index contributed by atoms with van der Waals surface area (Å²) in [6.07, 6.45) is 2.26. The number of nitriles is 1. The number of hydrogen-bond acceptors (Lipinski definition) is 12. The number of rotatable bonds is 16. The van der Waals surface area contributed by atoms with Gasteiger partial charge >= 0.3 is 6.01 Å². The summed E-state index contributed by atoms with van der Waals surface area (Å²) in [5, 5.41) is 27.6. The van der Waals surface area contributed by atoms with Crippen LogP contribution in [-0.4, -0.2) is 113 Å². The third-order valence-corrected chi connectivity index (χ3v) is 9.08. The minimum absolute atomic E-state index is 0.0262. The van der Waals surface area contributed by atoms with E-state index in [2.05, 4.69) is 69.0 Å². The van der Waals surface area contributed by atoms with Gasteiger partial charge in [-0.15, -0.1) is 0 Å². The molecule has 0 radical (unpaired) electrons. The zero-order valence-electron chi connectivity index (χ0n) is 27.1. The summed E-state index contributed by atoms with van der Waals surface area (Å²) < 4.78 is 22.9. The topological polar surface area (TPSA) is 137 Å². The zero-order valence-corrected chi connectivity index (χ0v) is 27.1. The molecule has 252 valence electrons. The van der Waals surface area contributed by atoms with Crippen LogP contribution in [0.4, 0.5) is 11.5 Å². The standard InChI is InChI=1S/C35H47N7O5/c36-10-8-28-22-42(13-11-37-28)34-31-9-12-41(33-7-3-5-27-4-1-2-6-30(27)33)23-32(31)39-35(40-34)47-25-29-20-26(21-38-29)24-46-19-18-45-17-16-44-15-14-43/h1-7,26,28-29,37-38,43H,8-9,11-25H2/t26-,28+,29+/m1/s1. The molecule has 0 amide bonds. The Labute approximate surface area is 277 Å². The monoisotopic (exact) mass is 645 g/mol. The summed E-state index contributed by atoms with van der Waals surface area (Å²) in [6.45, 7) is 8.37. The summed E-state index contributed by atoms with van der Waals surface area (Å²) in [6, 6.07) is 18.0. The Balaban J connectivity index is 1.09. The number of piperazine rings is 1. The van der Waals surface area contributed by atoms with Crippen molar-refractivity contribution >= 4 is 22.3 Å². The van der Waals surface area contributed by atoms with Crippen LogP contribution < -0.4 is 25.2 Å². The highest BCUT2D eigenvalue weighted by molar-refractivity contribution is 5.94. The quantitative estimate of drug-likeness (QED) is 0.197. The molecule has 6 rings (SSSR count). The summed E-state index contributed by atoms with van der Waals surface area (Å²) in [5.74, 6) is 1.35. The normalized spacial score (nSPS) is 21.1. The molecule has 0 saturated carbocycles. The van der Waals surface area contributed by atoms with Crippen molar-refractivity contribution in [3.8, 4) is 12.1 Å². The predicted octanol–water partition coefficient (Wildman–Crippen LogP) is 2.28. The van der Waals surface area contributed by atoms with E-state index in [4.69, 9.17) is 34.0 Å². The van der Waals surface area contributed by atoms with E-state index in [0.717, 1.165) is 57.1 Å². The molecule has 12 heteroatoms. The van der Waals surface area contributed by atoms with Crippen LogP contribution >= 0.6 is 0 Å². The minimum atomic E-state index is 0.0262. The van der Waals surface area contributed by atoms with Crippen LogP contribution in [0.3, 0.4) is 0 Å². The van der Waals surface area contributed by atoms with Crippen LogP contribution in [0.15, 0.2) is 42.5 Å². The van der Waals surface area contributed by atoms with E-state index in [1.165, 1.54) is 22.0 Å². The van der Waals surface area contributed by atoms with Crippen molar-refractivity contribution in [1.29, 1.82) is 5.26 Å². The molecule has 3 N–H and O–H groups in total. The number of aliphatic hydroxyl groups excluding tert-OH is 1. The molecular formula is C35H47N7O5. The molecule has 12 nitrogen and oxygen atoms in total. The van der Waals surface area contributed by atoms with Crippen LogP contribution in [0.5, 0.6) is 6.01 Å². The van der Waals surface area contributed by atoms with Crippen LogP contribution in [0.25, 0.3) is 10.8 Å². The minimum Gasteiger partial charge on any atom is -0.462 e. The number of ether oxygens (including phenoxy) is 4. The first kappa shape index (κ1) is 33.3. The van der Waals surface area contributed by atoms with Crippen LogP contribution in [0.2, 0.25) is 0 Å². The smallest absolute Gasteiger partial charge is 0.318 e. The van der Waals surface area contributed by atoms with E-state index in [9.17, 15) is 5.26 Å². The molecule has 0 unspecified atom stereocenters. The van der Waals surface area contributed by atoms with Gasteiger partial charge < -0.3 is 44.5 Å². The fourth-order valence-electron chi connectivity index (χ4n) is 6.75. The summed E-state index contributed by atoms with van der Waals surface area (Å²) in [5.41, 5.74) is 3.41. The largest absolute Gasteiger partial charge is 0.462 e. The Kier molecular flexibility index (Phi) is 12.1. The highest BCUT2D eigenvalue weighted by Crippen LogP contribution is 2.34. The number of fused-ring (bicyclic) bond motifs is 2. The molecule has 4 heterocycles. The van der Waals surface area contributed by atoms with Crippen molar-refractivity contribution in [2.45, 2.75) is 37.9 Å². The first-order chi connectivity index (χ1) is 23.2. The Morgan fingerprint density at radius 3 is 2.60 bits per heavy atom. The lowest BCUT2D eigenvalue weighted by atomic mass is 10.0. The van der Waals surface area contributed by atoms with Crippen molar-refractivity contribution in [1.82, 2.24) is 20.6 Å². The maximum absolute atomic E-state index is 9.34. The second kappa shape index (κ2) is 17.0. The van der Waals surface area contributed by atoms with Gasteiger partial charge in [0.25, 0.3) is 0 Å². The predicted molar refractivity (Wildman–Crippen MR) is 180 cm³/mol. The average molecular weight is 646 g/mol.